The standard InChI is InChI=1S/C6H8F6O2/c7-5(8,9)1-2-13-4-14-3-6(10,11)12/h1-4H2. The third-order valence-corrected chi connectivity index (χ3v) is 0.962. The summed E-state index contributed by atoms with van der Waals surface area (Å²) in [6.07, 6.45) is -10.1. The third kappa shape index (κ3) is 11.5. The number of halogens is 6. The molecule has 0 bridgehead atoms. The molecule has 8 heteroatoms. The Morgan fingerprint density at radius 3 is 1.79 bits per heavy atom. The maximum absolute atomic E-state index is 11.5. The Balaban J connectivity index is 3.23. The van der Waals surface area contributed by atoms with Crippen molar-refractivity contribution < 1.29 is 35.8 Å². The van der Waals surface area contributed by atoms with E-state index in [0.717, 1.165) is 0 Å². The zero-order valence-corrected chi connectivity index (χ0v) is 6.91. The van der Waals surface area contributed by atoms with Crippen molar-refractivity contribution in [2.24, 2.45) is 0 Å². The molecule has 0 rings (SSSR count). The normalized spacial score (nSPS) is 13.3. The Hall–Kier alpha value is -0.500. The molecular formula is C6H8F6O2. The van der Waals surface area contributed by atoms with Crippen molar-refractivity contribution in [1.82, 2.24) is 0 Å². The Bertz CT molecular complexity index is 133. The highest BCUT2D eigenvalue weighted by molar-refractivity contribution is 4.47. The van der Waals surface area contributed by atoms with Gasteiger partial charge in [0, 0.05) is 0 Å². The monoisotopic (exact) mass is 226 g/mol. The van der Waals surface area contributed by atoms with Crippen LogP contribution < -0.4 is 0 Å². The highest BCUT2D eigenvalue weighted by Crippen LogP contribution is 2.19. The summed E-state index contributed by atoms with van der Waals surface area (Å²) < 4.78 is 76.6. The molecule has 0 radical (unpaired) electrons. The van der Waals surface area contributed by atoms with Crippen LogP contribution in [0.4, 0.5) is 26.3 Å². The van der Waals surface area contributed by atoms with Gasteiger partial charge in [-0.3, -0.25) is 0 Å². The van der Waals surface area contributed by atoms with E-state index in [4.69, 9.17) is 0 Å². The third-order valence-electron chi connectivity index (χ3n) is 0.962. The van der Waals surface area contributed by atoms with Crippen LogP contribution in [0.2, 0.25) is 0 Å². The summed E-state index contributed by atoms with van der Waals surface area (Å²) in [5, 5.41) is 0. The van der Waals surface area contributed by atoms with E-state index in [1.165, 1.54) is 0 Å². The van der Waals surface area contributed by atoms with Crippen molar-refractivity contribution >= 4 is 0 Å². The summed E-state index contributed by atoms with van der Waals surface area (Å²) >= 11 is 0. The van der Waals surface area contributed by atoms with Gasteiger partial charge in [0.15, 0.2) is 0 Å². The van der Waals surface area contributed by atoms with Gasteiger partial charge in [0.2, 0.25) is 0 Å². The van der Waals surface area contributed by atoms with Crippen LogP contribution in [0.1, 0.15) is 6.42 Å². The van der Waals surface area contributed by atoms with Gasteiger partial charge in [-0.05, 0) is 0 Å². The van der Waals surface area contributed by atoms with Crippen molar-refractivity contribution in [3.63, 3.8) is 0 Å². The van der Waals surface area contributed by atoms with E-state index in [1.54, 1.807) is 0 Å². The van der Waals surface area contributed by atoms with E-state index in [0.29, 0.717) is 0 Å². The lowest BCUT2D eigenvalue weighted by atomic mass is 10.4. The van der Waals surface area contributed by atoms with E-state index in [-0.39, 0.29) is 0 Å². The SMILES string of the molecule is FC(F)(F)CCOCOCC(F)(F)F. The summed E-state index contributed by atoms with van der Waals surface area (Å²) in [6, 6.07) is 0. The van der Waals surface area contributed by atoms with Crippen molar-refractivity contribution in [2.45, 2.75) is 18.8 Å². The van der Waals surface area contributed by atoms with E-state index >= 15 is 0 Å². The van der Waals surface area contributed by atoms with Crippen LogP contribution in [0.15, 0.2) is 0 Å². The molecule has 0 aliphatic carbocycles. The van der Waals surface area contributed by atoms with Gasteiger partial charge in [-0.1, -0.05) is 0 Å². The first kappa shape index (κ1) is 13.5. The first-order chi connectivity index (χ1) is 6.21. The molecule has 0 fully saturated rings. The highest BCUT2D eigenvalue weighted by Gasteiger charge is 2.28. The van der Waals surface area contributed by atoms with E-state index < -0.39 is 38.8 Å². The van der Waals surface area contributed by atoms with E-state index in [1.807, 2.05) is 0 Å². The largest absolute Gasteiger partial charge is 0.411 e. The molecule has 0 atom stereocenters. The lowest BCUT2D eigenvalue weighted by molar-refractivity contribution is -0.203. The molecule has 0 unspecified atom stereocenters. The fourth-order valence-electron chi connectivity index (χ4n) is 0.463. The fourth-order valence-corrected chi connectivity index (χ4v) is 0.463. The molecule has 0 aromatic carbocycles. The molecule has 86 valence electrons. The van der Waals surface area contributed by atoms with Crippen LogP contribution in [0.5, 0.6) is 0 Å². The molecule has 2 nitrogen and oxygen atoms in total. The number of ether oxygens (including phenoxy) is 2. The molecule has 0 spiro atoms. The number of hydrogen-bond donors (Lipinski definition) is 0. The highest BCUT2D eigenvalue weighted by atomic mass is 19.4. The molecule has 14 heavy (non-hydrogen) atoms. The topological polar surface area (TPSA) is 18.5 Å². The summed E-state index contributed by atoms with van der Waals surface area (Å²) in [5.74, 6) is 0. The first-order valence-electron chi connectivity index (χ1n) is 3.50. The van der Waals surface area contributed by atoms with Crippen molar-refractivity contribution in [3.8, 4) is 0 Å². The van der Waals surface area contributed by atoms with Crippen molar-refractivity contribution in [1.29, 1.82) is 0 Å². The first-order valence-corrected chi connectivity index (χ1v) is 3.50. The zero-order chi connectivity index (χ0) is 11.2. The van der Waals surface area contributed by atoms with Gasteiger partial charge in [0.1, 0.15) is 13.4 Å². The average Bonchev–Trinajstić information content (AvgIpc) is 1.92. The van der Waals surface area contributed by atoms with Crippen LogP contribution >= 0.6 is 0 Å². The number of alkyl halides is 6. The van der Waals surface area contributed by atoms with Gasteiger partial charge >= 0.3 is 12.4 Å². The Labute approximate surface area is 75.8 Å². The Kier molecular flexibility index (Phi) is 5.21. The van der Waals surface area contributed by atoms with Gasteiger partial charge in [-0.15, -0.1) is 0 Å². The number of hydrogen-bond acceptors (Lipinski definition) is 2. The minimum absolute atomic E-state index is 0.707. The lowest BCUT2D eigenvalue weighted by Gasteiger charge is -2.09. The van der Waals surface area contributed by atoms with Gasteiger partial charge in [-0.2, -0.15) is 26.3 Å². The second-order valence-electron chi connectivity index (χ2n) is 2.35. The van der Waals surface area contributed by atoms with Crippen LogP contribution in [-0.4, -0.2) is 32.4 Å². The predicted octanol–water partition coefficient (Wildman–Crippen LogP) is 2.49. The molecule has 0 aliphatic heterocycles. The predicted molar refractivity (Wildman–Crippen MR) is 33.5 cm³/mol. The van der Waals surface area contributed by atoms with Crippen LogP contribution in [0.3, 0.4) is 0 Å². The van der Waals surface area contributed by atoms with Gasteiger partial charge < -0.3 is 9.47 Å². The summed E-state index contributed by atoms with van der Waals surface area (Å²) in [7, 11) is 0. The summed E-state index contributed by atoms with van der Waals surface area (Å²) in [5.41, 5.74) is 0. The minimum atomic E-state index is -4.49. The van der Waals surface area contributed by atoms with Gasteiger partial charge in [0.05, 0.1) is 13.0 Å². The van der Waals surface area contributed by atoms with Gasteiger partial charge in [-0.25, -0.2) is 0 Å². The van der Waals surface area contributed by atoms with Crippen LogP contribution in [0.25, 0.3) is 0 Å². The van der Waals surface area contributed by atoms with E-state index in [9.17, 15) is 26.3 Å². The molecule has 0 saturated heterocycles. The molecule has 0 saturated carbocycles. The molecule has 0 amide bonds. The Morgan fingerprint density at radius 2 is 1.36 bits per heavy atom. The second-order valence-corrected chi connectivity index (χ2v) is 2.35. The maximum Gasteiger partial charge on any atom is 0.411 e. The molecule has 0 aliphatic rings. The van der Waals surface area contributed by atoms with Crippen LogP contribution in [-0.2, 0) is 9.47 Å². The van der Waals surface area contributed by atoms with Crippen molar-refractivity contribution in [3.05, 3.63) is 0 Å². The lowest BCUT2D eigenvalue weighted by Crippen LogP contribution is -2.19. The minimum Gasteiger partial charge on any atom is -0.355 e. The molecular weight excluding hydrogens is 218 g/mol. The van der Waals surface area contributed by atoms with E-state index in [2.05, 4.69) is 9.47 Å². The zero-order valence-electron chi connectivity index (χ0n) is 6.91. The molecule has 0 aromatic heterocycles. The summed E-state index contributed by atoms with van der Waals surface area (Å²) in [4.78, 5) is 0. The molecule has 0 N–H and O–H groups in total. The molecule has 0 heterocycles. The molecule has 0 aromatic rings. The Morgan fingerprint density at radius 1 is 0.786 bits per heavy atom. The fraction of sp³-hybridized carbons (Fsp3) is 1.00. The summed E-state index contributed by atoms with van der Waals surface area (Å²) in [6.45, 7) is -3.03. The van der Waals surface area contributed by atoms with Crippen LogP contribution in [0, 0.1) is 0 Å². The quantitative estimate of drug-likeness (QED) is 0.407. The number of rotatable bonds is 5. The second kappa shape index (κ2) is 5.40. The maximum atomic E-state index is 11.5. The smallest absolute Gasteiger partial charge is 0.355 e. The van der Waals surface area contributed by atoms with Crippen molar-refractivity contribution in [2.75, 3.05) is 20.0 Å². The average molecular weight is 226 g/mol. The van der Waals surface area contributed by atoms with Gasteiger partial charge in [0.25, 0.3) is 0 Å².